The lowest BCUT2D eigenvalue weighted by molar-refractivity contribution is -0.125. The van der Waals surface area contributed by atoms with Crippen molar-refractivity contribution in [3.05, 3.63) is 23.8 Å². The van der Waals surface area contributed by atoms with Crippen molar-refractivity contribution in [1.82, 2.24) is 5.32 Å². The van der Waals surface area contributed by atoms with Crippen molar-refractivity contribution in [3.63, 3.8) is 0 Å². The standard InChI is InChI=1S/C13H20N2O3/c1-8(15-7-13(2,3)12(14)18)10-5-4-9(16)6-11(10)17/h4-6,8,15-17H,7H2,1-3H3,(H2,14,18). The molecule has 5 heteroatoms. The predicted molar refractivity (Wildman–Crippen MR) is 69.2 cm³/mol. The first-order valence-electron chi connectivity index (χ1n) is 5.79. The maximum absolute atomic E-state index is 11.2. The van der Waals surface area contributed by atoms with Gasteiger partial charge in [0.05, 0.1) is 5.41 Å². The smallest absolute Gasteiger partial charge is 0.224 e. The topological polar surface area (TPSA) is 95.6 Å². The Morgan fingerprint density at radius 3 is 2.56 bits per heavy atom. The number of primary amides is 1. The number of hydrogen-bond donors (Lipinski definition) is 4. The molecule has 1 rings (SSSR count). The fraction of sp³-hybridized carbons (Fsp3) is 0.462. The molecular weight excluding hydrogens is 232 g/mol. The summed E-state index contributed by atoms with van der Waals surface area (Å²) in [4.78, 5) is 11.2. The molecule has 1 atom stereocenters. The number of aromatic hydroxyl groups is 2. The summed E-state index contributed by atoms with van der Waals surface area (Å²) in [5, 5.41) is 22.1. The lowest BCUT2D eigenvalue weighted by atomic mass is 9.92. The summed E-state index contributed by atoms with van der Waals surface area (Å²) in [7, 11) is 0. The SMILES string of the molecule is CC(NCC(C)(C)C(N)=O)c1ccc(O)cc1O. The molecule has 5 N–H and O–H groups in total. The third-order valence-electron chi connectivity index (χ3n) is 3.00. The normalized spacial score (nSPS) is 13.3. The molecule has 0 fully saturated rings. The molecule has 1 unspecified atom stereocenters. The Kier molecular flexibility index (Phi) is 4.19. The second-order valence-corrected chi connectivity index (χ2v) is 5.09. The van der Waals surface area contributed by atoms with E-state index in [4.69, 9.17) is 5.73 Å². The minimum Gasteiger partial charge on any atom is -0.508 e. The summed E-state index contributed by atoms with van der Waals surface area (Å²) in [5.74, 6) is -0.343. The molecule has 0 aromatic heterocycles. The Labute approximate surface area is 107 Å². The van der Waals surface area contributed by atoms with Gasteiger partial charge in [-0.05, 0) is 26.8 Å². The van der Waals surface area contributed by atoms with Gasteiger partial charge in [-0.25, -0.2) is 0 Å². The Bertz CT molecular complexity index is 444. The van der Waals surface area contributed by atoms with E-state index in [1.165, 1.54) is 12.1 Å². The minimum atomic E-state index is -0.652. The first-order valence-corrected chi connectivity index (χ1v) is 5.79. The summed E-state index contributed by atoms with van der Waals surface area (Å²) >= 11 is 0. The maximum Gasteiger partial charge on any atom is 0.224 e. The molecule has 100 valence electrons. The Balaban J connectivity index is 2.71. The lowest BCUT2D eigenvalue weighted by Crippen LogP contribution is -2.41. The highest BCUT2D eigenvalue weighted by Crippen LogP contribution is 2.28. The molecule has 0 bridgehead atoms. The van der Waals surface area contributed by atoms with Crippen molar-refractivity contribution >= 4 is 5.91 Å². The number of phenolic OH excluding ortho intramolecular Hbond substituents is 2. The molecule has 0 spiro atoms. The molecule has 18 heavy (non-hydrogen) atoms. The van der Waals surface area contributed by atoms with E-state index in [1.807, 2.05) is 6.92 Å². The van der Waals surface area contributed by atoms with Gasteiger partial charge in [0.15, 0.2) is 0 Å². The van der Waals surface area contributed by atoms with Crippen molar-refractivity contribution in [1.29, 1.82) is 0 Å². The van der Waals surface area contributed by atoms with Crippen LogP contribution in [0.15, 0.2) is 18.2 Å². The van der Waals surface area contributed by atoms with Crippen LogP contribution in [0.25, 0.3) is 0 Å². The van der Waals surface area contributed by atoms with Crippen molar-refractivity contribution in [2.24, 2.45) is 11.1 Å². The summed E-state index contributed by atoms with van der Waals surface area (Å²) in [6.07, 6.45) is 0. The average molecular weight is 252 g/mol. The number of amides is 1. The van der Waals surface area contributed by atoms with Crippen LogP contribution in [-0.4, -0.2) is 22.7 Å². The van der Waals surface area contributed by atoms with Gasteiger partial charge in [0, 0.05) is 24.2 Å². The molecule has 0 aliphatic heterocycles. The summed E-state index contributed by atoms with van der Waals surface area (Å²) < 4.78 is 0. The highest BCUT2D eigenvalue weighted by Gasteiger charge is 2.25. The van der Waals surface area contributed by atoms with Gasteiger partial charge in [-0.2, -0.15) is 0 Å². The summed E-state index contributed by atoms with van der Waals surface area (Å²) in [6.45, 7) is 5.78. The number of nitrogens with one attached hydrogen (secondary N) is 1. The molecule has 0 aliphatic carbocycles. The van der Waals surface area contributed by atoms with E-state index >= 15 is 0 Å². The molecule has 0 radical (unpaired) electrons. The van der Waals surface area contributed by atoms with Gasteiger partial charge in [-0.3, -0.25) is 4.79 Å². The van der Waals surface area contributed by atoms with Crippen LogP contribution >= 0.6 is 0 Å². The highest BCUT2D eigenvalue weighted by atomic mass is 16.3. The van der Waals surface area contributed by atoms with Crippen LogP contribution in [0.3, 0.4) is 0 Å². The van der Waals surface area contributed by atoms with Gasteiger partial charge in [-0.1, -0.05) is 6.07 Å². The molecule has 1 amide bonds. The van der Waals surface area contributed by atoms with Crippen LogP contribution in [0.2, 0.25) is 0 Å². The molecule has 0 aliphatic rings. The Morgan fingerprint density at radius 2 is 2.06 bits per heavy atom. The second-order valence-electron chi connectivity index (χ2n) is 5.09. The van der Waals surface area contributed by atoms with Gasteiger partial charge >= 0.3 is 0 Å². The monoisotopic (exact) mass is 252 g/mol. The fourth-order valence-corrected chi connectivity index (χ4v) is 1.50. The largest absolute Gasteiger partial charge is 0.508 e. The maximum atomic E-state index is 11.2. The third kappa shape index (κ3) is 3.37. The van der Waals surface area contributed by atoms with E-state index in [1.54, 1.807) is 19.9 Å². The lowest BCUT2D eigenvalue weighted by Gasteiger charge is -2.24. The van der Waals surface area contributed by atoms with E-state index in [0.717, 1.165) is 0 Å². The van der Waals surface area contributed by atoms with Crippen LogP contribution in [0.5, 0.6) is 11.5 Å². The minimum absolute atomic E-state index is 0.0147. The first-order chi connectivity index (χ1) is 8.24. The number of carbonyl (C=O) groups is 1. The van der Waals surface area contributed by atoms with Gasteiger partial charge < -0.3 is 21.3 Å². The van der Waals surface area contributed by atoms with Crippen LogP contribution < -0.4 is 11.1 Å². The molecule has 0 heterocycles. The third-order valence-corrected chi connectivity index (χ3v) is 3.00. The van der Waals surface area contributed by atoms with Crippen LogP contribution in [-0.2, 0) is 4.79 Å². The Hall–Kier alpha value is -1.75. The van der Waals surface area contributed by atoms with Gasteiger partial charge in [0.1, 0.15) is 11.5 Å². The first kappa shape index (κ1) is 14.3. The van der Waals surface area contributed by atoms with Crippen LogP contribution in [0, 0.1) is 5.41 Å². The van der Waals surface area contributed by atoms with E-state index in [9.17, 15) is 15.0 Å². The van der Waals surface area contributed by atoms with E-state index in [-0.39, 0.29) is 23.4 Å². The second kappa shape index (κ2) is 5.27. The number of hydrogen-bond acceptors (Lipinski definition) is 4. The van der Waals surface area contributed by atoms with Crippen molar-refractivity contribution in [2.45, 2.75) is 26.8 Å². The number of rotatable bonds is 5. The zero-order valence-corrected chi connectivity index (χ0v) is 10.9. The van der Waals surface area contributed by atoms with Gasteiger partial charge in [0.2, 0.25) is 5.91 Å². The van der Waals surface area contributed by atoms with Crippen molar-refractivity contribution < 1.29 is 15.0 Å². The molecule has 1 aromatic rings. The molecule has 0 saturated carbocycles. The average Bonchev–Trinajstić information content (AvgIpc) is 2.25. The number of nitrogens with two attached hydrogens (primary N) is 1. The van der Waals surface area contributed by atoms with Crippen LogP contribution in [0.4, 0.5) is 0 Å². The van der Waals surface area contributed by atoms with Gasteiger partial charge in [0.25, 0.3) is 0 Å². The Morgan fingerprint density at radius 1 is 1.44 bits per heavy atom. The number of phenols is 2. The summed E-state index contributed by atoms with van der Waals surface area (Å²) in [6, 6.07) is 4.28. The van der Waals surface area contributed by atoms with Gasteiger partial charge in [-0.15, -0.1) is 0 Å². The molecule has 5 nitrogen and oxygen atoms in total. The molecular formula is C13H20N2O3. The number of carbonyl (C=O) groups excluding carboxylic acids is 1. The zero-order chi connectivity index (χ0) is 13.9. The summed E-state index contributed by atoms with van der Waals surface area (Å²) in [5.41, 5.74) is 5.29. The predicted octanol–water partition coefficient (Wildman–Crippen LogP) is 1.26. The van der Waals surface area contributed by atoms with E-state index in [0.29, 0.717) is 12.1 Å². The zero-order valence-electron chi connectivity index (χ0n) is 10.9. The fourth-order valence-electron chi connectivity index (χ4n) is 1.50. The quantitative estimate of drug-likeness (QED) is 0.634. The highest BCUT2D eigenvalue weighted by molar-refractivity contribution is 5.80. The number of benzene rings is 1. The van der Waals surface area contributed by atoms with Crippen LogP contribution in [0.1, 0.15) is 32.4 Å². The van der Waals surface area contributed by atoms with Crippen molar-refractivity contribution in [3.8, 4) is 11.5 Å². The van der Waals surface area contributed by atoms with E-state index < -0.39 is 5.41 Å². The van der Waals surface area contributed by atoms with Crippen molar-refractivity contribution in [2.75, 3.05) is 6.54 Å². The molecule has 0 saturated heterocycles. The molecule has 1 aromatic carbocycles. The van der Waals surface area contributed by atoms with E-state index in [2.05, 4.69) is 5.32 Å².